The second-order valence-corrected chi connectivity index (χ2v) is 12.0. The van der Waals surface area contributed by atoms with Crippen molar-refractivity contribution >= 4 is 51.5 Å². The van der Waals surface area contributed by atoms with Crippen LogP contribution in [0.15, 0.2) is 42.6 Å². The highest BCUT2D eigenvalue weighted by atomic mass is 35.5. The van der Waals surface area contributed by atoms with Gasteiger partial charge in [-0.1, -0.05) is 37.6 Å². The van der Waals surface area contributed by atoms with Crippen molar-refractivity contribution in [3.63, 3.8) is 0 Å². The number of carbonyl (C=O) groups is 3. The Morgan fingerprint density at radius 2 is 1.95 bits per heavy atom. The number of hydrogen-bond acceptors (Lipinski definition) is 9. The molecule has 0 bridgehead atoms. The first kappa shape index (κ1) is 31.2. The lowest BCUT2D eigenvalue weighted by molar-refractivity contribution is -0.136. The maximum Gasteiger partial charge on any atom is 0.308 e. The molecule has 0 radical (unpaired) electrons. The largest absolute Gasteiger partial charge is 0.493 e. The van der Waals surface area contributed by atoms with Crippen molar-refractivity contribution in [3.8, 4) is 11.5 Å². The molecule has 1 aromatic heterocycles. The van der Waals surface area contributed by atoms with E-state index in [4.69, 9.17) is 30.9 Å². The number of ether oxygens (including phenoxy) is 3. The highest BCUT2D eigenvalue weighted by Crippen LogP contribution is 2.45. The van der Waals surface area contributed by atoms with Crippen molar-refractivity contribution in [2.24, 2.45) is 5.41 Å². The zero-order chi connectivity index (χ0) is 30.6. The van der Waals surface area contributed by atoms with Crippen molar-refractivity contribution in [3.05, 3.63) is 63.6 Å². The van der Waals surface area contributed by atoms with Crippen LogP contribution in [0.3, 0.4) is 0 Å². The molecule has 0 saturated heterocycles. The second kappa shape index (κ2) is 13.1. The number of carbonyl (C=O) groups excluding carboxylic acids is 2. The summed E-state index contributed by atoms with van der Waals surface area (Å²) >= 11 is 7.48. The molecule has 13 heteroatoms. The van der Waals surface area contributed by atoms with E-state index in [9.17, 15) is 19.5 Å². The van der Waals surface area contributed by atoms with Crippen molar-refractivity contribution in [1.29, 1.82) is 0 Å². The minimum Gasteiger partial charge on any atom is -0.493 e. The Bertz CT molecular complexity index is 1480. The van der Waals surface area contributed by atoms with Crippen LogP contribution in [0.25, 0.3) is 0 Å². The van der Waals surface area contributed by atoms with Gasteiger partial charge < -0.3 is 34.6 Å². The summed E-state index contributed by atoms with van der Waals surface area (Å²) in [7, 11) is 3.01. The Kier molecular flexibility index (Phi) is 9.72. The maximum absolute atomic E-state index is 14.1. The SMILES string of the molecule is COc1cccc([C@H]2O[C@H](CC(=O)Nc3ncc(CC(=O)O)s3)C(=O)N(CC(C)(C)CO)c3ccc(Cl)cc32)c1OC. The van der Waals surface area contributed by atoms with Crippen LogP contribution in [-0.4, -0.2) is 66.5 Å². The van der Waals surface area contributed by atoms with Gasteiger partial charge in [0.05, 0.1) is 27.1 Å². The van der Waals surface area contributed by atoms with Gasteiger partial charge in [-0.15, -0.1) is 11.3 Å². The lowest BCUT2D eigenvalue weighted by Crippen LogP contribution is -2.46. The third-order valence-corrected chi connectivity index (χ3v) is 7.78. The number of aliphatic carboxylic acids is 1. The number of thiazole rings is 1. The predicted octanol–water partition coefficient (Wildman–Crippen LogP) is 4.31. The first-order valence-electron chi connectivity index (χ1n) is 13.0. The Hall–Kier alpha value is -3.71. The number of halogens is 1. The molecule has 3 N–H and O–H groups in total. The zero-order valence-corrected chi connectivity index (χ0v) is 25.1. The van der Waals surface area contributed by atoms with Crippen LogP contribution in [-0.2, 0) is 25.5 Å². The van der Waals surface area contributed by atoms with Crippen molar-refractivity contribution < 1.29 is 38.8 Å². The zero-order valence-electron chi connectivity index (χ0n) is 23.5. The third-order valence-electron chi connectivity index (χ3n) is 6.63. The molecule has 11 nitrogen and oxygen atoms in total. The van der Waals surface area contributed by atoms with Gasteiger partial charge in [0.25, 0.3) is 5.91 Å². The van der Waals surface area contributed by atoms with Gasteiger partial charge in [0.1, 0.15) is 12.2 Å². The fraction of sp³-hybridized carbons (Fsp3) is 0.379. The first-order valence-corrected chi connectivity index (χ1v) is 14.2. The Balaban J connectivity index is 1.77. The van der Waals surface area contributed by atoms with Crippen molar-refractivity contribution in [2.45, 2.75) is 38.9 Å². The normalized spacial score (nSPS) is 16.9. The summed E-state index contributed by atoms with van der Waals surface area (Å²) in [6, 6.07) is 10.4. The number of amides is 2. The van der Waals surface area contributed by atoms with Gasteiger partial charge >= 0.3 is 5.97 Å². The van der Waals surface area contributed by atoms with E-state index >= 15 is 0 Å². The van der Waals surface area contributed by atoms with Gasteiger partial charge in [-0.05, 0) is 24.3 Å². The van der Waals surface area contributed by atoms with Gasteiger partial charge in [-0.3, -0.25) is 14.4 Å². The molecule has 1 aliphatic heterocycles. The van der Waals surface area contributed by atoms with Gasteiger partial charge in [0, 0.05) is 51.5 Å². The highest BCUT2D eigenvalue weighted by molar-refractivity contribution is 7.15. The van der Waals surface area contributed by atoms with Crippen LogP contribution >= 0.6 is 22.9 Å². The molecule has 42 heavy (non-hydrogen) atoms. The number of carboxylic acid groups (broad SMARTS) is 1. The molecule has 0 saturated carbocycles. The van der Waals surface area contributed by atoms with Crippen LogP contribution in [0.5, 0.6) is 11.5 Å². The average molecular weight is 618 g/mol. The summed E-state index contributed by atoms with van der Waals surface area (Å²) in [4.78, 5) is 44.4. The molecule has 0 fully saturated rings. The molecule has 3 aromatic rings. The number of nitrogens with one attached hydrogen (secondary N) is 1. The predicted molar refractivity (Wildman–Crippen MR) is 158 cm³/mol. The van der Waals surface area contributed by atoms with Gasteiger partial charge in [-0.2, -0.15) is 0 Å². The van der Waals surface area contributed by atoms with Crippen LogP contribution in [0.1, 0.15) is 42.4 Å². The Labute approximate surface area is 252 Å². The molecule has 224 valence electrons. The van der Waals surface area contributed by atoms with E-state index in [0.717, 1.165) is 11.3 Å². The number of hydrogen-bond donors (Lipinski definition) is 3. The standard InChI is InChI=1S/C29H32ClN3O8S/c1-29(2,15-34)14-33-20-9-8-16(30)10-19(20)25(18-6-5-7-21(39-3)26(18)40-4)41-22(27(33)38)12-23(35)32-28-31-13-17(42-28)11-24(36)37/h5-10,13,22,25,34H,11-12,14-15H2,1-4H3,(H,36,37)(H,31,32,35)/t22-,25-/m1/s1. The summed E-state index contributed by atoms with van der Waals surface area (Å²) in [5, 5.41) is 22.3. The molecule has 0 spiro atoms. The number of aliphatic hydroxyl groups is 1. The van der Waals surface area contributed by atoms with Gasteiger partial charge in [-0.25, -0.2) is 4.98 Å². The summed E-state index contributed by atoms with van der Waals surface area (Å²) in [5.74, 6) is -1.20. The average Bonchev–Trinajstić information content (AvgIpc) is 3.34. The lowest BCUT2D eigenvalue weighted by Gasteiger charge is -2.32. The van der Waals surface area contributed by atoms with E-state index in [1.807, 2.05) is 13.8 Å². The lowest BCUT2D eigenvalue weighted by atomic mass is 9.92. The van der Waals surface area contributed by atoms with Crippen LogP contribution in [0.2, 0.25) is 5.02 Å². The maximum atomic E-state index is 14.1. The van der Waals surface area contributed by atoms with Crippen molar-refractivity contribution in [1.82, 2.24) is 4.98 Å². The Morgan fingerprint density at radius 3 is 2.62 bits per heavy atom. The van der Waals surface area contributed by atoms with E-state index in [0.29, 0.717) is 38.2 Å². The molecule has 4 rings (SSSR count). The molecule has 2 amide bonds. The van der Waals surface area contributed by atoms with Gasteiger partial charge in [0.2, 0.25) is 5.91 Å². The third kappa shape index (κ3) is 7.01. The molecule has 1 aliphatic rings. The topological polar surface area (TPSA) is 148 Å². The number of benzene rings is 2. The summed E-state index contributed by atoms with van der Waals surface area (Å²) in [5.41, 5.74) is 0.952. The summed E-state index contributed by atoms with van der Waals surface area (Å²) in [6.07, 6.45) is -1.36. The fourth-order valence-corrected chi connectivity index (χ4v) is 5.64. The molecular formula is C29H32ClN3O8S. The number of rotatable bonds is 11. The van der Waals surface area contributed by atoms with E-state index in [1.54, 1.807) is 36.4 Å². The van der Waals surface area contributed by atoms with E-state index < -0.39 is 35.4 Å². The molecule has 2 atom stereocenters. The number of aliphatic hydroxyl groups excluding tert-OH is 1. The number of anilines is 2. The number of methoxy groups -OCH3 is 2. The summed E-state index contributed by atoms with van der Waals surface area (Å²) < 4.78 is 17.7. The highest BCUT2D eigenvalue weighted by Gasteiger charge is 2.40. The molecule has 0 aliphatic carbocycles. The fourth-order valence-electron chi connectivity index (χ4n) is 4.64. The summed E-state index contributed by atoms with van der Waals surface area (Å²) in [6.45, 7) is 3.58. The van der Waals surface area contributed by atoms with Gasteiger partial charge in [0.15, 0.2) is 16.6 Å². The minimum atomic E-state index is -1.26. The van der Waals surface area contributed by atoms with E-state index in [2.05, 4.69) is 10.3 Å². The van der Waals surface area contributed by atoms with Crippen molar-refractivity contribution in [2.75, 3.05) is 37.6 Å². The molecular weight excluding hydrogens is 586 g/mol. The number of carboxylic acids is 1. The van der Waals surface area contributed by atoms with E-state index in [-0.39, 0.29) is 31.1 Å². The second-order valence-electron chi connectivity index (χ2n) is 10.5. The molecule has 2 aromatic carbocycles. The molecule has 2 heterocycles. The van der Waals surface area contributed by atoms with E-state index in [1.165, 1.54) is 25.3 Å². The number of nitrogens with zero attached hydrogens (tertiary/aromatic N) is 2. The monoisotopic (exact) mass is 617 g/mol. The first-order chi connectivity index (χ1) is 20.0. The molecule has 0 unspecified atom stereocenters. The minimum absolute atomic E-state index is 0.130. The van der Waals surface area contributed by atoms with Crippen LogP contribution < -0.4 is 19.7 Å². The number of fused-ring (bicyclic) bond motifs is 1. The van der Waals surface area contributed by atoms with Crippen LogP contribution in [0.4, 0.5) is 10.8 Å². The number of para-hydroxylation sites is 1. The smallest absolute Gasteiger partial charge is 0.308 e. The van der Waals surface area contributed by atoms with Crippen LogP contribution in [0, 0.1) is 5.41 Å². The quantitative estimate of drug-likeness (QED) is 0.286. The number of aromatic nitrogens is 1. The Morgan fingerprint density at radius 1 is 1.19 bits per heavy atom.